The minimum absolute atomic E-state index is 0.131. The maximum absolute atomic E-state index is 14.3. The molecule has 6 rings (SSSR count). The summed E-state index contributed by atoms with van der Waals surface area (Å²) in [6.45, 7) is 1.60. The molecule has 3 N–H and O–H groups in total. The van der Waals surface area contributed by atoms with Crippen molar-refractivity contribution >= 4 is 46.7 Å². The Morgan fingerprint density at radius 3 is 2.48 bits per heavy atom. The van der Waals surface area contributed by atoms with Crippen LogP contribution in [0.2, 0.25) is 0 Å². The number of nitrogens with one attached hydrogen (secondary N) is 1. The summed E-state index contributed by atoms with van der Waals surface area (Å²) in [6.07, 6.45) is 2.47. The minimum Gasteiger partial charge on any atom is -0.370 e. The summed E-state index contributed by atoms with van der Waals surface area (Å²) in [6, 6.07) is 13.6. The van der Waals surface area contributed by atoms with Gasteiger partial charge >= 0.3 is 13.3 Å². The van der Waals surface area contributed by atoms with Gasteiger partial charge in [-0.1, -0.05) is 36.4 Å². The monoisotopic (exact) mass is 647 g/mol. The molecule has 1 aliphatic carbocycles. The molecule has 2 aliphatic heterocycles. The number of morpholine rings is 1. The van der Waals surface area contributed by atoms with Gasteiger partial charge in [-0.15, -0.1) is 11.3 Å². The van der Waals surface area contributed by atoms with E-state index in [-0.39, 0.29) is 28.2 Å². The Kier molecular flexibility index (Phi) is 8.13. The van der Waals surface area contributed by atoms with Crippen LogP contribution in [-0.2, 0) is 24.6 Å². The van der Waals surface area contributed by atoms with Gasteiger partial charge in [0.2, 0.25) is 11.8 Å². The summed E-state index contributed by atoms with van der Waals surface area (Å²) in [5, 5.41) is 3.11. The fourth-order valence-corrected chi connectivity index (χ4v) is 7.60. The summed E-state index contributed by atoms with van der Waals surface area (Å²) in [5.41, 5.74) is -5.42. The van der Waals surface area contributed by atoms with Gasteiger partial charge in [-0.3, -0.25) is 18.9 Å². The minimum atomic E-state index is -5.75. The van der Waals surface area contributed by atoms with E-state index in [0.717, 1.165) is 29.0 Å². The molecule has 3 amide bonds. The number of ether oxygens (including phenoxy) is 1. The molecule has 0 bridgehead atoms. The summed E-state index contributed by atoms with van der Waals surface area (Å²) in [4.78, 5) is 62.8. The van der Waals surface area contributed by atoms with Crippen LogP contribution in [-0.4, -0.2) is 75.1 Å². The average molecular weight is 648 g/mol. The zero-order chi connectivity index (χ0) is 31.3. The van der Waals surface area contributed by atoms with Crippen molar-refractivity contribution in [3.8, 4) is 0 Å². The Morgan fingerprint density at radius 2 is 1.80 bits per heavy atom. The van der Waals surface area contributed by atoms with E-state index in [1.807, 2.05) is 30.3 Å². The van der Waals surface area contributed by atoms with Crippen molar-refractivity contribution in [2.45, 2.75) is 55.5 Å². The van der Waals surface area contributed by atoms with Gasteiger partial charge in [-0.25, -0.2) is 0 Å². The van der Waals surface area contributed by atoms with Crippen molar-refractivity contribution in [2.24, 2.45) is 0 Å². The predicted octanol–water partition coefficient (Wildman–Crippen LogP) is 4.37. The fourth-order valence-electron chi connectivity index (χ4n) is 6.18. The van der Waals surface area contributed by atoms with Crippen molar-refractivity contribution in [3.63, 3.8) is 0 Å². The molecule has 2 atom stereocenters. The van der Waals surface area contributed by atoms with Crippen molar-refractivity contribution in [3.05, 3.63) is 70.6 Å². The molecular formula is C30H32F2N3O7PS. The Bertz CT molecular complexity index is 1640. The van der Waals surface area contributed by atoms with E-state index in [1.54, 1.807) is 9.80 Å². The average Bonchev–Trinajstić information content (AvgIpc) is 3.65. The second-order valence-corrected chi connectivity index (χ2v) is 14.3. The van der Waals surface area contributed by atoms with Gasteiger partial charge in [-0.2, -0.15) is 8.78 Å². The van der Waals surface area contributed by atoms with Gasteiger partial charge in [0.1, 0.15) is 17.7 Å². The lowest BCUT2D eigenvalue weighted by atomic mass is 9.75. The zero-order valence-corrected chi connectivity index (χ0v) is 25.4. The number of hydrogen-bond donors (Lipinski definition) is 3. The zero-order valence-electron chi connectivity index (χ0n) is 23.7. The highest BCUT2D eigenvalue weighted by atomic mass is 32.1. The smallest absolute Gasteiger partial charge is 0.370 e. The third-order valence-corrected chi connectivity index (χ3v) is 10.9. The van der Waals surface area contributed by atoms with E-state index >= 15 is 0 Å². The van der Waals surface area contributed by atoms with Crippen LogP contribution in [0.4, 0.5) is 8.78 Å². The highest BCUT2D eigenvalue weighted by molar-refractivity contribution is 7.52. The topological polar surface area (TPSA) is 136 Å². The molecule has 3 aliphatic rings. The van der Waals surface area contributed by atoms with E-state index in [1.165, 1.54) is 12.1 Å². The molecule has 2 saturated heterocycles. The first kappa shape index (κ1) is 30.8. The van der Waals surface area contributed by atoms with Gasteiger partial charge in [0.25, 0.3) is 5.91 Å². The fraction of sp³-hybridized carbons (Fsp3) is 0.433. The first-order valence-electron chi connectivity index (χ1n) is 14.5. The predicted molar refractivity (Wildman–Crippen MR) is 158 cm³/mol. The molecule has 0 spiro atoms. The van der Waals surface area contributed by atoms with E-state index in [0.29, 0.717) is 63.0 Å². The van der Waals surface area contributed by atoms with Gasteiger partial charge < -0.3 is 29.6 Å². The second-order valence-electron chi connectivity index (χ2n) is 11.5. The molecule has 3 fully saturated rings. The first-order chi connectivity index (χ1) is 20.9. The Morgan fingerprint density at radius 1 is 1.05 bits per heavy atom. The number of hydrogen-bond acceptors (Lipinski definition) is 6. The number of fused-ring (bicyclic) bond motifs is 1. The molecule has 14 heteroatoms. The lowest BCUT2D eigenvalue weighted by Crippen LogP contribution is -2.65. The highest BCUT2D eigenvalue weighted by Gasteiger charge is 2.52. The van der Waals surface area contributed by atoms with E-state index in [2.05, 4.69) is 5.32 Å². The number of halogens is 2. The lowest BCUT2D eigenvalue weighted by molar-refractivity contribution is -0.153. The number of carbonyl (C=O) groups is 3. The van der Waals surface area contributed by atoms with Gasteiger partial charge in [0.05, 0.1) is 18.0 Å². The van der Waals surface area contributed by atoms with Crippen LogP contribution in [0.25, 0.3) is 10.1 Å². The third kappa shape index (κ3) is 5.56. The lowest BCUT2D eigenvalue weighted by Gasteiger charge is -2.44. The van der Waals surface area contributed by atoms with Crippen LogP contribution in [0.15, 0.2) is 54.6 Å². The molecule has 2 aromatic carbocycles. The number of carbonyl (C=O) groups excluding carboxylic acids is 3. The molecule has 3 heterocycles. The quantitative estimate of drug-likeness (QED) is 0.324. The summed E-state index contributed by atoms with van der Waals surface area (Å²) in [5.74, 6) is -0.984. The number of benzene rings is 2. The second kappa shape index (κ2) is 11.6. The summed E-state index contributed by atoms with van der Waals surface area (Å²) < 4.78 is 46.2. The summed E-state index contributed by atoms with van der Waals surface area (Å²) in [7, 11) is -5.75. The molecule has 10 nitrogen and oxygen atoms in total. The molecule has 3 aromatic rings. The maximum atomic E-state index is 14.3. The van der Waals surface area contributed by atoms with Gasteiger partial charge in [-0.05, 0) is 61.3 Å². The number of rotatable bonds is 7. The van der Waals surface area contributed by atoms with E-state index in [4.69, 9.17) is 14.5 Å². The third-order valence-electron chi connectivity index (χ3n) is 8.77. The molecular weight excluding hydrogens is 615 g/mol. The van der Waals surface area contributed by atoms with Crippen molar-refractivity contribution < 1.29 is 42.3 Å². The summed E-state index contributed by atoms with van der Waals surface area (Å²) >= 11 is 1.03. The molecule has 1 saturated carbocycles. The van der Waals surface area contributed by atoms with Gasteiger partial charge in [0.15, 0.2) is 0 Å². The van der Waals surface area contributed by atoms with Crippen molar-refractivity contribution in [1.82, 2.24) is 15.1 Å². The largest absolute Gasteiger partial charge is 0.399 e. The van der Waals surface area contributed by atoms with Crippen LogP contribution in [0.5, 0.6) is 0 Å². The molecule has 0 unspecified atom stereocenters. The number of alkyl halides is 2. The SMILES string of the molecule is O=C(NC1(C(=O)N2CCC[C@H]2C(=O)N2CCO[C@@H](c3ccccc3)C2)CCC1)c1cc2cc(C(F)(F)P(=O)(O)O)ccc2s1. The van der Waals surface area contributed by atoms with E-state index < -0.39 is 36.3 Å². The van der Waals surface area contributed by atoms with E-state index in [9.17, 15) is 27.7 Å². The van der Waals surface area contributed by atoms with Gasteiger partial charge in [0, 0.05) is 23.4 Å². The number of amides is 3. The van der Waals surface area contributed by atoms with Crippen molar-refractivity contribution in [2.75, 3.05) is 26.2 Å². The first-order valence-corrected chi connectivity index (χ1v) is 16.9. The molecule has 234 valence electrons. The van der Waals surface area contributed by atoms with Crippen LogP contribution in [0.3, 0.4) is 0 Å². The van der Waals surface area contributed by atoms with Crippen LogP contribution < -0.4 is 5.32 Å². The molecule has 44 heavy (non-hydrogen) atoms. The maximum Gasteiger partial charge on any atom is 0.399 e. The standard InChI is InChI=1S/C30H32F2N3O7PS/c31-30(32,43(39,40)41)21-9-10-24-20(16-21)17-25(44-24)26(36)33-29(11-5-12-29)28(38)35-13-4-8-22(35)27(37)34-14-15-42-23(18-34)19-6-2-1-3-7-19/h1-3,6-7,9-10,16-17,22-23H,4-5,8,11-15,18H2,(H,33,36)(H2,39,40,41)/t22-,23+/m0/s1. The van der Waals surface area contributed by atoms with Crippen LogP contribution >= 0.6 is 18.9 Å². The van der Waals surface area contributed by atoms with Crippen molar-refractivity contribution in [1.29, 1.82) is 0 Å². The van der Waals surface area contributed by atoms with Crippen LogP contribution in [0, 0.1) is 0 Å². The van der Waals surface area contributed by atoms with Crippen LogP contribution in [0.1, 0.15) is 59.0 Å². The Labute approximate surface area is 256 Å². The molecule has 1 aromatic heterocycles. The Balaban J connectivity index is 1.17. The number of nitrogens with zero attached hydrogens (tertiary/aromatic N) is 2. The number of thiophene rings is 1. The highest BCUT2D eigenvalue weighted by Crippen LogP contribution is 2.59. The Hall–Kier alpha value is -3.22. The molecule has 0 radical (unpaired) electrons. The normalized spacial score (nSPS) is 22.1. The number of likely N-dealkylation sites (tertiary alicyclic amines) is 1.